The highest BCUT2D eigenvalue weighted by atomic mass is 32.2. The molecule has 27 heavy (non-hydrogen) atoms. The second kappa shape index (κ2) is 7.75. The van der Waals surface area contributed by atoms with Crippen LogP contribution in [0.5, 0.6) is 0 Å². The zero-order chi connectivity index (χ0) is 19.4. The zero-order valence-electron chi connectivity index (χ0n) is 14.8. The smallest absolute Gasteiger partial charge is 0.251 e. The van der Waals surface area contributed by atoms with Crippen LogP contribution in [0.1, 0.15) is 28.8 Å². The lowest BCUT2D eigenvalue weighted by Gasteiger charge is -2.07. The number of para-hydroxylation sites is 1. The predicted molar refractivity (Wildman–Crippen MR) is 104 cm³/mol. The number of hydrogen-bond acceptors (Lipinski definition) is 4. The van der Waals surface area contributed by atoms with E-state index in [-0.39, 0.29) is 16.5 Å². The van der Waals surface area contributed by atoms with Gasteiger partial charge in [-0.05, 0) is 48.7 Å². The normalized spacial score (nSPS) is 14.1. The highest BCUT2D eigenvalue weighted by Gasteiger charge is 2.23. The van der Waals surface area contributed by atoms with Gasteiger partial charge >= 0.3 is 0 Å². The van der Waals surface area contributed by atoms with Crippen LogP contribution in [0.3, 0.4) is 0 Å². The van der Waals surface area contributed by atoms with Crippen molar-refractivity contribution in [3.05, 3.63) is 65.7 Å². The van der Waals surface area contributed by atoms with Crippen LogP contribution in [0, 0.1) is 0 Å². The van der Waals surface area contributed by atoms with Crippen LogP contribution >= 0.6 is 0 Å². The van der Waals surface area contributed by atoms with Crippen molar-refractivity contribution in [1.82, 2.24) is 5.32 Å². The molecule has 7 heteroatoms. The Morgan fingerprint density at radius 1 is 1.04 bits per heavy atom. The van der Waals surface area contributed by atoms with Gasteiger partial charge in [0.25, 0.3) is 5.91 Å². The molecular formula is C20H20N2O4S. The third-order valence-corrected chi connectivity index (χ3v) is 5.21. The number of carbonyl (C=O) groups excluding carboxylic acids is 2. The van der Waals surface area contributed by atoms with Gasteiger partial charge in [-0.3, -0.25) is 9.59 Å². The Morgan fingerprint density at radius 2 is 1.70 bits per heavy atom. The Morgan fingerprint density at radius 3 is 2.33 bits per heavy atom. The minimum absolute atomic E-state index is 0.0674. The van der Waals surface area contributed by atoms with Gasteiger partial charge in [-0.1, -0.05) is 24.3 Å². The highest BCUT2D eigenvalue weighted by Crippen LogP contribution is 2.21. The zero-order valence-corrected chi connectivity index (χ0v) is 15.6. The Hall–Kier alpha value is -2.93. The third kappa shape index (κ3) is 5.27. The Bertz CT molecular complexity index is 991. The van der Waals surface area contributed by atoms with Crippen LogP contribution in [-0.4, -0.2) is 32.5 Å². The van der Waals surface area contributed by atoms with Gasteiger partial charge in [0.2, 0.25) is 5.91 Å². The van der Waals surface area contributed by atoms with Gasteiger partial charge < -0.3 is 10.6 Å². The van der Waals surface area contributed by atoms with E-state index < -0.39 is 15.7 Å². The number of nitrogens with one attached hydrogen (secondary N) is 2. The number of anilines is 1. The summed E-state index contributed by atoms with van der Waals surface area (Å²) >= 11 is 0. The van der Waals surface area contributed by atoms with Crippen molar-refractivity contribution in [3.8, 4) is 0 Å². The number of sulfone groups is 1. The number of hydrogen-bond donors (Lipinski definition) is 2. The van der Waals surface area contributed by atoms with E-state index in [2.05, 4.69) is 10.6 Å². The van der Waals surface area contributed by atoms with E-state index in [1.165, 1.54) is 18.2 Å². The van der Waals surface area contributed by atoms with E-state index in [1.807, 2.05) is 0 Å². The monoisotopic (exact) mass is 384 g/mol. The fraction of sp³-hybridized carbons (Fsp3) is 0.200. The van der Waals surface area contributed by atoms with Crippen molar-refractivity contribution in [1.29, 1.82) is 0 Å². The van der Waals surface area contributed by atoms with Gasteiger partial charge in [0, 0.05) is 23.9 Å². The van der Waals surface area contributed by atoms with Gasteiger partial charge in [-0.15, -0.1) is 0 Å². The van der Waals surface area contributed by atoms with E-state index in [9.17, 15) is 18.0 Å². The Balaban J connectivity index is 1.64. The quantitative estimate of drug-likeness (QED) is 0.749. The van der Waals surface area contributed by atoms with Crippen LogP contribution in [0.15, 0.2) is 59.5 Å². The summed E-state index contributed by atoms with van der Waals surface area (Å²) in [5.41, 5.74) is 1.57. The fourth-order valence-electron chi connectivity index (χ4n) is 2.48. The number of amides is 2. The molecule has 1 fully saturated rings. The Kier molecular flexibility index (Phi) is 5.41. The van der Waals surface area contributed by atoms with Gasteiger partial charge in [-0.25, -0.2) is 8.42 Å². The average Bonchev–Trinajstić information content (AvgIpc) is 3.44. The molecule has 1 aliphatic carbocycles. The topological polar surface area (TPSA) is 92.3 Å². The molecular weight excluding hydrogens is 364 g/mol. The molecule has 0 saturated heterocycles. The lowest BCUT2D eigenvalue weighted by molar-refractivity contribution is -0.111. The SMILES string of the molecule is CS(=O)(=O)c1ccccc1NC(=O)/C=C/c1ccc(C(=O)NC2CC2)cc1. The standard InChI is InChI=1S/C20H20N2O4S/c1-27(25,26)18-5-3-2-4-17(18)22-19(23)13-8-14-6-9-15(10-7-14)20(24)21-16-11-12-16/h2-10,13,16H,11-12H2,1H3,(H,21,24)(H,22,23)/b13-8+. The van der Waals surface area contributed by atoms with Crippen molar-refractivity contribution in [3.63, 3.8) is 0 Å². The average molecular weight is 384 g/mol. The van der Waals surface area contributed by atoms with Gasteiger partial charge in [0.05, 0.1) is 10.6 Å². The van der Waals surface area contributed by atoms with Crippen LogP contribution in [0.25, 0.3) is 6.08 Å². The fourth-order valence-corrected chi connectivity index (χ4v) is 3.33. The molecule has 0 bridgehead atoms. The summed E-state index contributed by atoms with van der Waals surface area (Å²) in [6, 6.07) is 13.4. The molecule has 2 N–H and O–H groups in total. The van der Waals surface area contributed by atoms with Crippen molar-refractivity contribution < 1.29 is 18.0 Å². The molecule has 2 amide bonds. The molecule has 2 aromatic carbocycles. The van der Waals surface area contributed by atoms with Crippen LogP contribution in [0.4, 0.5) is 5.69 Å². The molecule has 1 aliphatic rings. The van der Waals surface area contributed by atoms with Gasteiger partial charge in [0.15, 0.2) is 9.84 Å². The van der Waals surface area contributed by atoms with E-state index in [0.717, 1.165) is 24.7 Å². The first-order valence-electron chi connectivity index (χ1n) is 8.52. The molecule has 0 spiro atoms. The second-order valence-electron chi connectivity index (χ2n) is 6.46. The maximum absolute atomic E-state index is 12.1. The van der Waals surface area contributed by atoms with Gasteiger partial charge in [0.1, 0.15) is 0 Å². The summed E-state index contributed by atoms with van der Waals surface area (Å²) in [4.78, 5) is 24.1. The molecule has 0 aliphatic heterocycles. The molecule has 0 atom stereocenters. The molecule has 0 radical (unpaired) electrons. The maximum Gasteiger partial charge on any atom is 0.251 e. The van der Waals surface area contributed by atoms with E-state index >= 15 is 0 Å². The summed E-state index contributed by atoms with van der Waals surface area (Å²) in [5.74, 6) is -0.537. The minimum atomic E-state index is -3.44. The van der Waals surface area contributed by atoms with E-state index in [4.69, 9.17) is 0 Å². The predicted octanol–water partition coefficient (Wildman–Crippen LogP) is 2.63. The Labute approximate surface area is 158 Å². The number of rotatable bonds is 6. The molecule has 0 heterocycles. The lowest BCUT2D eigenvalue weighted by Crippen LogP contribution is -2.25. The highest BCUT2D eigenvalue weighted by molar-refractivity contribution is 7.90. The van der Waals surface area contributed by atoms with E-state index in [0.29, 0.717) is 11.6 Å². The molecule has 1 saturated carbocycles. The van der Waals surface area contributed by atoms with Crippen LogP contribution < -0.4 is 10.6 Å². The summed E-state index contributed by atoms with van der Waals surface area (Å²) < 4.78 is 23.5. The first kappa shape index (κ1) is 18.8. The van der Waals surface area contributed by atoms with Crippen LogP contribution in [-0.2, 0) is 14.6 Å². The lowest BCUT2D eigenvalue weighted by atomic mass is 10.1. The number of carbonyl (C=O) groups is 2. The molecule has 140 valence electrons. The summed E-state index contributed by atoms with van der Waals surface area (Å²) in [5, 5.41) is 5.49. The first-order valence-corrected chi connectivity index (χ1v) is 10.4. The third-order valence-electron chi connectivity index (χ3n) is 4.06. The second-order valence-corrected chi connectivity index (χ2v) is 8.44. The first-order chi connectivity index (χ1) is 12.8. The largest absolute Gasteiger partial charge is 0.349 e. The molecule has 0 aromatic heterocycles. The van der Waals surface area contributed by atoms with Crippen molar-refractivity contribution in [2.45, 2.75) is 23.8 Å². The van der Waals surface area contributed by atoms with E-state index in [1.54, 1.807) is 42.5 Å². The van der Waals surface area contributed by atoms with Crippen molar-refractivity contribution in [2.24, 2.45) is 0 Å². The summed E-state index contributed by atoms with van der Waals surface area (Å²) in [7, 11) is -3.44. The van der Waals surface area contributed by atoms with Gasteiger partial charge in [-0.2, -0.15) is 0 Å². The number of benzene rings is 2. The van der Waals surface area contributed by atoms with Crippen molar-refractivity contribution >= 4 is 33.4 Å². The summed E-state index contributed by atoms with van der Waals surface area (Å²) in [6.07, 6.45) is 6.07. The molecule has 2 aromatic rings. The van der Waals surface area contributed by atoms with Crippen LogP contribution in [0.2, 0.25) is 0 Å². The molecule has 6 nitrogen and oxygen atoms in total. The maximum atomic E-state index is 12.1. The minimum Gasteiger partial charge on any atom is -0.349 e. The molecule has 0 unspecified atom stereocenters. The summed E-state index contributed by atoms with van der Waals surface area (Å²) in [6.45, 7) is 0. The van der Waals surface area contributed by atoms with Crippen molar-refractivity contribution in [2.75, 3.05) is 11.6 Å². The molecule has 3 rings (SSSR count).